The molecule has 0 aliphatic heterocycles. The lowest BCUT2D eigenvalue weighted by Crippen LogP contribution is -1.92. The second-order valence-corrected chi connectivity index (χ2v) is 16.7. The van der Waals surface area contributed by atoms with Gasteiger partial charge in [-0.3, -0.25) is 0 Å². The molecule has 1 heterocycles. The van der Waals surface area contributed by atoms with Crippen LogP contribution in [-0.2, 0) is 0 Å². The Kier molecular flexibility index (Phi) is 6.62. The molecule has 0 unspecified atom stereocenters. The minimum absolute atomic E-state index is 0.904. The molecule has 0 saturated carbocycles. The highest BCUT2D eigenvalue weighted by molar-refractivity contribution is 6.31. The number of benzene rings is 13. The number of para-hydroxylation sites is 1. The van der Waals surface area contributed by atoms with E-state index in [4.69, 9.17) is 4.42 Å². The Morgan fingerprint density at radius 1 is 0.213 bits per heavy atom. The van der Waals surface area contributed by atoms with Gasteiger partial charge in [0.2, 0.25) is 0 Å². The Bertz CT molecular complexity index is 4080. The molecule has 1 aromatic heterocycles. The summed E-state index contributed by atoms with van der Waals surface area (Å²) in [4.78, 5) is 0. The molecule has 0 atom stereocenters. The third-order valence-electron chi connectivity index (χ3n) is 13.6. The summed E-state index contributed by atoms with van der Waals surface area (Å²) in [6.45, 7) is 0. The van der Waals surface area contributed by atoms with Gasteiger partial charge in [0.1, 0.15) is 11.2 Å². The molecule has 1 heteroatoms. The third-order valence-corrected chi connectivity index (χ3v) is 13.6. The van der Waals surface area contributed by atoms with Crippen LogP contribution in [0, 0.1) is 0 Å². The van der Waals surface area contributed by atoms with Crippen LogP contribution in [0.1, 0.15) is 0 Å². The van der Waals surface area contributed by atoms with Crippen molar-refractivity contribution in [2.75, 3.05) is 0 Å². The van der Waals surface area contributed by atoms with Gasteiger partial charge in [-0.25, -0.2) is 0 Å². The van der Waals surface area contributed by atoms with Gasteiger partial charge < -0.3 is 4.42 Å². The van der Waals surface area contributed by atoms with Crippen LogP contribution in [0.2, 0.25) is 0 Å². The van der Waals surface area contributed by atoms with E-state index >= 15 is 0 Å². The maximum Gasteiger partial charge on any atom is 0.136 e. The van der Waals surface area contributed by atoms with Crippen molar-refractivity contribution in [3.63, 3.8) is 0 Å². The van der Waals surface area contributed by atoms with Crippen molar-refractivity contribution in [1.29, 1.82) is 0 Å². The average Bonchev–Trinajstić information content (AvgIpc) is 3.69. The van der Waals surface area contributed by atoms with Crippen LogP contribution < -0.4 is 0 Å². The van der Waals surface area contributed by atoms with Crippen molar-refractivity contribution < 1.29 is 4.42 Å². The Morgan fingerprint density at radius 2 is 0.574 bits per heavy atom. The zero-order valence-corrected chi connectivity index (χ0v) is 33.0. The number of furan rings is 1. The summed E-state index contributed by atoms with van der Waals surface area (Å²) < 4.78 is 6.63. The number of hydrogen-bond acceptors (Lipinski definition) is 1. The normalized spacial score (nSPS) is 12.3. The van der Waals surface area contributed by atoms with Crippen molar-refractivity contribution in [2.45, 2.75) is 0 Å². The fraction of sp³-hybridized carbons (Fsp3) is 0. The molecule has 0 amide bonds. The topological polar surface area (TPSA) is 13.1 Å². The molecular formula is C60H34O. The van der Waals surface area contributed by atoms with Crippen LogP contribution >= 0.6 is 0 Å². The lowest BCUT2D eigenvalue weighted by atomic mass is 9.84. The highest BCUT2D eigenvalue weighted by Crippen LogP contribution is 2.48. The SMILES string of the molecule is c1ccc(-c2ccc3ccc4c(-c5ccc(-c6ccc7ccc8c(-c9ccccc9)ccc9ccc6c7c98)c6cc7c(cc56)oc5ccccc57)ccc5ccc2c3c54)cc1. The summed E-state index contributed by atoms with van der Waals surface area (Å²) in [5.41, 5.74) is 11.7. The molecule has 1 nitrogen and oxygen atoms in total. The van der Waals surface area contributed by atoms with Crippen molar-refractivity contribution in [1.82, 2.24) is 0 Å². The van der Waals surface area contributed by atoms with Crippen LogP contribution in [0.25, 0.3) is 142 Å². The van der Waals surface area contributed by atoms with Gasteiger partial charge in [0.05, 0.1) is 0 Å². The minimum atomic E-state index is 0.904. The maximum atomic E-state index is 6.63. The summed E-state index contributed by atoms with van der Waals surface area (Å²) in [7, 11) is 0. The first-order valence-corrected chi connectivity index (χ1v) is 21.2. The van der Waals surface area contributed by atoms with E-state index in [2.05, 4.69) is 206 Å². The van der Waals surface area contributed by atoms with Crippen molar-refractivity contribution in [3.05, 3.63) is 206 Å². The second kappa shape index (κ2) is 12.3. The first-order valence-electron chi connectivity index (χ1n) is 21.2. The predicted molar refractivity (Wildman–Crippen MR) is 260 cm³/mol. The van der Waals surface area contributed by atoms with Gasteiger partial charge in [-0.15, -0.1) is 0 Å². The average molecular weight is 771 g/mol. The van der Waals surface area contributed by atoms with Gasteiger partial charge in [-0.2, -0.15) is 0 Å². The summed E-state index contributed by atoms with van der Waals surface area (Å²) in [5, 5.41) is 20.1. The Balaban J connectivity index is 1.06. The fourth-order valence-corrected chi connectivity index (χ4v) is 10.8. The van der Waals surface area contributed by atoms with Gasteiger partial charge in [0.25, 0.3) is 0 Å². The molecule has 14 rings (SSSR count). The van der Waals surface area contributed by atoms with Crippen molar-refractivity contribution in [3.8, 4) is 44.5 Å². The Labute approximate surface area is 351 Å². The fourth-order valence-electron chi connectivity index (χ4n) is 10.8. The molecule has 0 aliphatic carbocycles. The zero-order chi connectivity index (χ0) is 39.8. The molecule has 0 saturated heterocycles. The van der Waals surface area contributed by atoms with Gasteiger partial charge in [-0.1, -0.05) is 188 Å². The Morgan fingerprint density at radius 3 is 1.07 bits per heavy atom. The van der Waals surface area contributed by atoms with Crippen LogP contribution in [0.5, 0.6) is 0 Å². The smallest absolute Gasteiger partial charge is 0.136 e. The van der Waals surface area contributed by atoms with Crippen LogP contribution in [0.15, 0.2) is 211 Å². The maximum absolute atomic E-state index is 6.63. The first kappa shape index (κ1) is 32.9. The highest BCUT2D eigenvalue weighted by atomic mass is 16.3. The van der Waals surface area contributed by atoms with E-state index in [1.807, 2.05) is 0 Å². The summed E-state index contributed by atoms with van der Waals surface area (Å²) in [6.07, 6.45) is 0. The minimum Gasteiger partial charge on any atom is -0.456 e. The molecule has 0 aliphatic rings. The van der Waals surface area contributed by atoms with Gasteiger partial charge >= 0.3 is 0 Å². The molecular weight excluding hydrogens is 737 g/mol. The van der Waals surface area contributed by atoms with E-state index in [9.17, 15) is 0 Å². The van der Waals surface area contributed by atoms with E-state index in [-0.39, 0.29) is 0 Å². The van der Waals surface area contributed by atoms with E-state index in [1.54, 1.807) is 0 Å². The van der Waals surface area contributed by atoms with Crippen LogP contribution in [0.4, 0.5) is 0 Å². The van der Waals surface area contributed by atoms with E-state index in [0.29, 0.717) is 0 Å². The monoisotopic (exact) mass is 770 g/mol. The second-order valence-electron chi connectivity index (χ2n) is 16.7. The standard InChI is InChI=1S/C60H34O/c1-3-9-35(10-4-1)41-23-15-37-21-29-50-43(25-17-39-19-27-48(41)57(37)59(39)50)45-31-32-46(53-34-56-54(33-52(45)53)47-13-7-8-14-55(47)61-56)44-26-18-40-20-28-49-42(36-11-5-2-6-12-36)24-16-38-22-30-51(44)60(40)58(38)49/h1-34H. The van der Waals surface area contributed by atoms with Gasteiger partial charge in [0, 0.05) is 10.8 Å². The molecule has 0 fully saturated rings. The number of fused-ring (bicyclic) bond motifs is 4. The van der Waals surface area contributed by atoms with E-state index in [0.717, 1.165) is 21.9 Å². The van der Waals surface area contributed by atoms with Gasteiger partial charge in [0.15, 0.2) is 0 Å². The number of hydrogen-bond donors (Lipinski definition) is 0. The zero-order valence-electron chi connectivity index (χ0n) is 33.0. The molecule has 0 radical (unpaired) electrons. The molecule has 0 spiro atoms. The molecule has 14 aromatic rings. The third kappa shape index (κ3) is 4.61. The molecule has 0 N–H and O–H groups in total. The molecule has 0 bridgehead atoms. The quantitative estimate of drug-likeness (QED) is 0.162. The van der Waals surface area contributed by atoms with Crippen LogP contribution in [0.3, 0.4) is 0 Å². The van der Waals surface area contributed by atoms with Crippen molar-refractivity contribution in [2.24, 2.45) is 0 Å². The van der Waals surface area contributed by atoms with Crippen molar-refractivity contribution >= 4 is 97.3 Å². The first-order chi connectivity index (χ1) is 30.2. The Hall–Kier alpha value is -8.00. The number of rotatable bonds is 4. The molecule has 61 heavy (non-hydrogen) atoms. The summed E-state index contributed by atoms with van der Waals surface area (Å²) >= 11 is 0. The van der Waals surface area contributed by atoms with E-state index in [1.165, 1.54) is 120 Å². The lowest BCUT2D eigenvalue weighted by molar-refractivity contribution is 0.669. The predicted octanol–water partition coefficient (Wildman–Crippen LogP) is 17.2. The lowest BCUT2D eigenvalue weighted by Gasteiger charge is -2.19. The largest absolute Gasteiger partial charge is 0.456 e. The molecule has 13 aromatic carbocycles. The van der Waals surface area contributed by atoms with Crippen LogP contribution in [-0.4, -0.2) is 0 Å². The summed E-state index contributed by atoms with van der Waals surface area (Å²) in [5.74, 6) is 0. The highest BCUT2D eigenvalue weighted by Gasteiger charge is 2.21. The van der Waals surface area contributed by atoms with Gasteiger partial charge in [-0.05, 0) is 138 Å². The molecule has 280 valence electrons. The summed E-state index contributed by atoms with van der Waals surface area (Å²) in [6, 6.07) is 76.4. The van der Waals surface area contributed by atoms with E-state index < -0.39 is 0 Å².